The van der Waals surface area contributed by atoms with Gasteiger partial charge in [-0.05, 0) is 44.1 Å². The highest BCUT2D eigenvalue weighted by Gasteiger charge is 2.30. The van der Waals surface area contributed by atoms with Crippen LogP contribution in [0.2, 0.25) is 0 Å². The predicted molar refractivity (Wildman–Crippen MR) is 129 cm³/mol. The zero-order valence-corrected chi connectivity index (χ0v) is 19.5. The van der Waals surface area contributed by atoms with Crippen molar-refractivity contribution in [3.63, 3.8) is 0 Å². The number of benzene rings is 1. The van der Waals surface area contributed by atoms with Gasteiger partial charge in [0.05, 0.1) is 17.4 Å². The normalized spacial score (nSPS) is 18.7. The van der Waals surface area contributed by atoms with E-state index < -0.39 is 23.2 Å². The Bertz CT molecular complexity index is 1190. The van der Waals surface area contributed by atoms with E-state index in [1.807, 2.05) is 4.68 Å². The lowest BCUT2D eigenvalue weighted by Gasteiger charge is -2.26. The Labute approximate surface area is 199 Å². The quantitative estimate of drug-likeness (QED) is 0.455. The Balaban J connectivity index is 1.57. The molecular weight excluding hydrogens is 460 g/mol. The predicted octanol–water partition coefficient (Wildman–Crippen LogP) is 3.85. The van der Waals surface area contributed by atoms with Gasteiger partial charge in [0.25, 0.3) is 5.91 Å². The SMILES string of the molecule is Nc1cc(-c2cnn(CC3CC3)c2N2CCC[C@@H](N)CC2)c(F)c(NC(=O)c2cscn2)c1F. The van der Waals surface area contributed by atoms with Crippen molar-refractivity contribution in [3.05, 3.63) is 40.5 Å². The van der Waals surface area contributed by atoms with E-state index in [-0.39, 0.29) is 23.0 Å². The standard InChI is InChI=1S/C23H27F2N7OS/c24-19-15(8-17(27)20(25)21(19)30-22(33)18-11-34-12-28-18)16-9-29-32(10-13-3-4-13)23(16)31-6-1-2-14(26)5-7-31/h8-9,11-14H,1-7,10,26-27H2,(H,30,33)/t14-/m1/s1. The highest BCUT2D eigenvalue weighted by molar-refractivity contribution is 7.07. The minimum absolute atomic E-state index is 0.0756. The summed E-state index contributed by atoms with van der Waals surface area (Å²) in [7, 11) is 0. The summed E-state index contributed by atoms with van der Waals surface area (Å²) in [4.78, 5) is 18.6. The number of nitrogens with zero attached hydrogens (tertiary/aromatic N) is 4. The van der Waals surface area contributed by atoms with E-state index in [0.717, 1.165) is 57.6 Å². The molecule has 1 aliphatic heterocycles. The molecule has 1 saturated heterocycles. The molecule has 3 heterocycles. The van der Waals surface area contributed by atoms with Crippen LogP contribution >= 0.6 is 11.3 Å². The van der Waals surface area contributed by atoms with Crippen molar-refractivity contribution >= 4 is 34.4 Å². The molecule has 0 bridgehead atoms. The average molecular weight is 488 g/mol. The Kier molecular flexibility index (Phi) is 6.22. The summed E-state index contributed by atoms with van der Waals surface area (Å²) < 4.78 is 32.5. The van der Waals surface area contributed by atoms with E-state index in [0.29, 0.717) is 11.5 Å². The summed E-state index contributed by atoms with van der Waals surface area (Å²) in [6.45, 7) is 2.22. The number of nitrogens with two attached hydrogens (primary N) is 2. The first-order valence-corrected chi connectivity index (χ1v) is 12.4. The number of hydrogen-bond acceptors (Lipinski definition) is 7. The van der Waals surface area contributed by atoms with Gasteiger partial charge in [-0.3, -0.25) is 4.79 Å². The van der Waals surface area contributed by atoms with Gasteiger partial charge in [-0.25, -0.2) is 18.4 Å². The van der Waals surface area contributed by atoms with Crippen molar-refractivity contribution in [1.82, 2.24) is 14.8 Å². The van der Waals surface area contributed by atoms with Gasteiger partial charge in [0.15, 0.2) is 11.6 Å². The number of aromatic nitrogens is 3. The van der Waals surface area contributed by atoms with Gasteiger partial charge in [0.2, 0.25) is 0 Å². The minimum Gasteiger partial charge on any atom is -0.396 e. The average Bonchev–Trinajstić information content (AvgIpc) is 3.35. The fraction of sp³-hybridized carbons (Fsp3) is 0.435. The number of carbonyl (C=O) groups excluding carboxylic acids is 1. The molecule has 2 aliphatic rings. The maximum atomic E-state index is 15.8. The maximum absolute atomic E-state index is 15.8. The smallest absolute Gasteiger partial charge is 0.275 e. The van der Waals surface area contributed by atoms with Crippen molar-refractivity contribution in [3.8, 4) is 11.1 Å². The highest BCUT2D eigenvalue weighted by Crippen LogP contribution is 2.40. The zero-order chi connectivity index (χ0) is 23.8. The van der Waals surface area contributed by atoms with Gasteiger partial charge in [0.1, 0.15) is 17.2 Å². The van der Waals surface area contributed by atoms with Crippen LogP contribution in [0, 0.1) is 17.6 Å². The number of carbonyl (C=O) groups is 1. The van der Waals surface area contributed by atoms with Gasteiger partial charge in [0, 0.05) is 42.2 Å². The maximum Gasteiger partial charge on any atom is 0.275 e. The van der Waals surface area contributed by atoms with Crippen LogP contribution in [0.4, 0.5) is 26.0 Å². The molecule has 0 unspecified atom stereocenters. The molecule has 11 heteroatoms. The second-order valence-electron chi connectivity index (χ2n) is 9.03. The van der Waals surface area contributed by atoms with Gasteiger partial charge in [-0.2, -0.15) is 5.10 Å². The Morgan fingerprint density at radius 2 is 2.00 bits per heavy atom. The number of nitrogens with one attached hydrogen (secondary N) is 1. The first-order chi connectivity index (χ1) is 16.4. The van der Waals surface area contributed by atoms with Crippen LogP contribution in [0.5, 0.6) is 0 Å². The summed E-state index contributed by atoms with van der Waals surface area (Å²) in [5, 5.41) is 8.38. The van der Waals surface area contributed by atoms with E-state index in [1.165, 1.54) is 28.3 Å². The second kappa shape index (κ2) is 9.30. The third-order valence-corrected chi connectivity index (χ3v) is 7.02. The van der Waals surface area contributed by atoms with Gasteiger partial charge in [-0.1, -0.05) is 0 Å². The number of hydrogen-bond donors (Lipinski definition) is 3. The fourth-order valence-electron chi connectivity index (χ4n) is 4.38. The van der Waals surface area contributed by atoms with Crippen molar-refractivity contribution in [2.45, 2.75) is 44.7 Å². The molecule has 2 fully saturated rings. The molecule has 180 valence electrons. The van der Waals surface area contributed by atoms with E-state index in [9.17, 15) is 9.18 Å². The van der Waals surface area contributed by atoms with Crippen molar-refractivity contribution in [2.24, 2.45) is 11.7 Å². The van der Waals surface area contributed by atoms with Crippen molar-refractivity contribution in [1.29, 1.82) is 0 Å². The molecular formula is C23H27F2N7OS. The molecule has 0 radical (unpaired) electrons. The third kappa shape index (κ3) is 4.49. The molecule has 5 N–H and O–H groups in total. The van der Waals surface area contributed by atoms with E-state index in [2.05, 4.69) is 20.3 Å². The third-order valence-electron chi connectivity index (χ3n) is 6.43. The van der Waals surface area contributed by atoms with Crippen LogP contribution in [0.3, 0.4) is 0 Å². The molecule has 1 saturated carbocycles. The Hall–Kier alpha value is -3.05. The Morgan fingerprint density at radius 3 is 2.74 bits per heavy atom. The Morgan fingerprint density at radius 1 is 1.18 bits per heavy atom. The largest absolute Gasteiger partial charge is 0.396 e. The van der Waals surface area contributed by atoms with Crippen LogP contribution in [-0.4, -0.2) is 39.8 Å². The van der Waals surface area contributed by atoms with Crippen LogP contribution in [0.25, 0.3) is 11.1 Å². The molecule has 3 aromatic rings. The molecule has 1 atom stereocenters. The topological polar surface area (TPSA) is 115 Å². The number of anilines is 3. The van der Waals surface area contributed by atoms with E-state index in [1.54, 1.807) is 6.20 Å². The molecule has 8 nitrogen and oxygen atoms in total. The molecule has 1 aromatic carbocycles. The monoisotopic (exact) mass is 487 g/mol. The van der Waals surface area contributed by atoms with Crippen LogP contribution in [0.15, 0.2) is 23.2 Å². The van der Waals surface area contributed by atoms with Crippen molar-refractivity contribution in [2.75, 3.05) is 29.0 Å². The molecule has 34 heavy (non-hydrogen) atoms. The number of nitrogen functional groups attached to an aromatic ring is 1. The van der Waals surface area contributed by atoms with E-state index >= 15 is 4.39 Å². The van der Waals surface area contributed by atoms with Gasteiger partial charge >= 0.3 is 0 Å². The lowest BCUT2D eigenvalue weighted by Crippen LogP contribution is -2.29. The molecule has 1 amide bonds. The number of halogens is 2. The lowest BCUT2D eigenvalue weighted by molar-refractivity contribution is 0.102. The highest BCUT2D eigenvalue weighted by atomic mass is 32.1. The van der Waals surface area contributed by atoms with Crippen LogP contribution in [-0.2, 0) is 6.54 Å². The summed E-state index contributed by atoms with van der Waals surface area (Å²) in [6, 6.07) is 1.40. The second-order valence-corrected chi connectivity index (χ2v) is 9.75. The molecule has 0 spiro atoms. The minimum atomic E-state index is -1.02. The molecule has 2 aromatic heterocycles. The van der Waals surface area contributed by atoms with Crippen LogP contribution < -0.4 is 21.7 Å². The molecule has 1 aliphatic carbocycles. The van der Waals surface area contributed by atoms with Crippen molar-refractivity contribution < 1.29 is 13.6 Å². The number of amides is 1. The summed E-state index contributed by atoms with van der Waals surface area (Å²) in [6.07, 6.45) is 6.54. The summed E-state index contributed by atoms with van der Waals surface area (Å²) in [5.74, 6) is -1.28. The first kappa shape index (κ1) is 22.7. The number of rotatable bonds is 6. The number of thiazole rings is 1. The zero-order valence-electron chi connectivity index (χ0n) is 18.6. The first-order valence-electron chi connectivity index (χ1n) is 11.5. The van der Waals surface area contributed by atoms with Crippen LogP contribution in [0.1, 0.15) is 42.6 Å². The lowest BCUT2D eigenvalue weighted by atomic mass is 10.0. The summed E-state index contributed by atoms with van der Waals surface area (Å²) in [5.41, 5.74) is 13.4. The molecule has 5 rings (SSSR count). The van der Waals surface area contributed by atoms with Gasteiger partial charge in [-0.15, -0.1) is 11.3 Å². The van der Waals surface area contributed by atoms with E-state index in [4.69, 9.17) is 11.5 Å². The van der Waals surface area contributed by atoms with Gasteiger partial charge < -0.3 is 21.7 Å². The fourth-order valence-corrected chi connectivity index (χ4v) is 4.91. The summed E-state index contributed by atoms with van der Waals surface area (Å²) >= 11 is 1.21.